The molecule has 0 bridgehead atoms. The zero-order chi connectivity index (χ0) is 9.31. The molecule has 0 radical (unpaired) electrons. The predicted molar refractivity (Wildman–Crippen MR) is 55.9 cm³/mol. The lowest BCUT2D eigenvalue weighted by Crippen LogP contribution is -2.32. The van der Waals surface area contributed by atoms with Gasteiger partial charge in [-0.05, 0) is 38.1 Å². The van der Waals surface area contributed by atoms with Crippen molar-refractivity contribution in [3.05, 3.63) is 0 Å². The van der Waals surface area contributed by atoms with E-state index in [-0.39, 0.29) is 0 Å². The molecule has 1 aliphatic carbocycles. The van der Waals surface area contributed by atoms with Crippen molar-refractivity contribution in [2.24, 2.45) is 5.41 Å². The van der Waals surface area contributed by atoms with Crippen LogP contribution in [0.5, 0.6) is 0 Å². The lowest BCUT2D eigenvalue weighted by Gasteiger charge is -2.23. The van der Waals surface area contributed by atoms with Crippen LogP contribution in [-0.2, 0) is 0 Å². The second-order valence-corrected chi connectivity index (χ2v) is 5.23. The van der Waals surface area contributed by atoms with Gasteiger partial charge in [0.2, 0.25) is 0 Å². The van der Waals surface area contributed by atoms with Gasteiger partial charge in [-0.15, -0.1) is 0 Å². The Bertz CT molecular complexity index is 175. The first kappa shape index (κ1) is 9.47. The molecule has 2 aliphatic rings. The Morgan fingerprint density at radius 2 is 2.15 bits per heavy atom. The summed E-state index contributed by atoms with van der Waals surface area (Å²) >= 11 is 0. The molecule has 1 heterocycles. The van der Waals surface area contributed by atoms with Gasteiger partial charge in [0.05, 0.1) is 0 Å². The molecule has 1 N–H and O–H groups in total. The van der Waals surface area contributed by atoms with Gasteiger partial charge in [-0.1, -0.05) is 6.92 Å². The van der Waals surface area contributed by atoms with E-state index in [1.54, 1.807) is 0 Å². The van der Waals surface area contributed by atoms with Gasteiger partial charge in [0.25, 0.3) is 0 Å². The summed E-state index contributed by atoms with van der Waals surface area (Å²) < 4.78 is 0. The molecule has 0 amide bonds. The van der Waals surface area contributed by atoms with E-state index in [0.717, 1.165) is 6.04 Å². The Labute approximate surface area is 81.7 Å². The average Bonchev–Trinajstić information content (AvgIpc) is 2.81. The summed E-state index contributed by atoms with van der Waals surface area (Å²) in [6.07, 6.45) is 4.22. The molecule has 1 saturated carbocycles. The summed E-state index contributed by atoms with van der Waals surface area (Å²) in [4.78, 5) is 2.64. The lowest BCUT2D eigenvalue weighted by molar-refractivity contribution is 0.241. The highest BCUT2D eigenvalue weighted by Gasteiger charge is 2.38. The number of hydrogen-bond donors (Lipinski definition) is 1. The molecule has 2 fully saturated rings. The van der Waals surface area contributed by atoms with E-state index >= 15 is 0 Å². The largest absolute Gasteiger partial charge is 0.313 e. The van der Waals surface area contributed by atoms with Crippen molar-refractivity contribution >= 4 is 0 Å². The quantitative estimate of drug-likeness (QED) is 0.695. The minimum atomic E-state index is 0.688. The van der Waals surface area contributed by atoms with Gasteiger partial charge < -0.3 is 10.2 Å². The fourth-order valence-corrected chi connectivity index (χ4v) is 2.13. The van der Waals surface area contributed by atoms with Crippen molar-refractivity contribution in [3.63, 3.8) is 0 Å². The van der Waals surface area contributed by atoms with Crippen LogP contribution >= 0.6 is 0 Å². The Morgan fingerprint density at radius 3 is 2.85 bits per heavy atom. The van der Waals surface area contributed by atoms with Crippen molar-refractivity contribution < 1.29 is 0 Å². The third-order valence-corrected chi connectivity index (χ3v) is 3.51. The van der Waals surface area contributed by atoms with Crippen LogP contribution < -0.4 is 5.32 Å². The van der Waals surface area contributed by atoms with Gasteiger partial charge in [-0.2, -0.15) is 0 Å². The average molecular weight is 182 g/mol. The lowest BCUT2D eigenvalue weighted by atomic mass is 10.1. The van der Waals surface area contributed by atoms with Crippen LogP contribution in [0.3, 0.4) is 0 Å². The van der Waals surface area contributed by atoms with E-state index in [4.69, 9.17) is 0 Å². The van der Waals surface area contributed by atoms with Gasteiger partial charge in [-0.3, -0.25) is 0 Å². The SMILES string of the molecule is CC1CCN(CC2(C)CC2)CCN1. The van der Waals surface area contributed by atoms with E-state index in [1.165, 1.54) is 45.4 Å². The van der Waals surface area contributed by atoms with Gasteiger partial charge in [-0.25, -0.2) is 0 Å². The third kappa shape index (κ3) is 2.68. The second kappa shape index (κ2) is 3.58. The van der Waals surface area contributed by atoms with Crippen LogP contribution in [0.2, 0.25) is 0 Å². The van der Waals surface area contributed by atoms with E-state index < -0.39 is 0 Å². The van der Waals surface area contributed by atoms with Gasteiger partial charge >= 0.3 is 0 Å². The van der Waals surface area contributed by atoms with Crippen LogP contribution in [0.1, 0.15) is 33.1 Å². The second-order valence-electron chi connectivity index (χ2n) is 5.23. The molecule has 1 saturated heterocycles. The van der Waals surface area contributed by atoms with Crippen molar-refractivity contribution in [2.45, 2.75) is 39.2 Å². The highest BCUT2D eigenvalue weighted by Crippen LogP contribution is 2.45. The molecule has 1 atom stereocenters. The fraction of sp³-hybridized carbons (Fsp3) is 1.00. The summed E-state index contributed by atoms with van der Waals surface area (Å²) in [6.45, 7) is 9.78. The van der Waals surface area contributed by atoms with Crippen molar-refractivity contribution in [1.29, 1.82) is 0 Å². The summed E-state index contributed by atoms with van der Waals surface area (Å²) in [5, 5.41) is 3.54. The van der Waals surface area contributed by atoms with Crippen LogP contribution in [-0.4, -0.2) is 37.1 Å². The maximum atomic E-state index is 3.54. The normalized spacial score (nSPS) is 34.2. The van der Waals surface area contributed by atoms with E-state index in [1.807, 2.05) is 0 Å². The number of nitrogens with one attached hydrogen (secondary N) is 1. The molecular weight excluding hydrogens is 160 g/mol. The highest BCUT2D eigenvalue weighted by molar-refractivity contribution is 4.91. The summed E-state index contributed by atoms with van der Waals surface area (Å²) in [5.41, 5.74) is 0.688. The molecule has 13 heavy (non-hydrogen) atoms. The van der Waals surface area contributed by atoms with E-state index in [0.29, 0.717) is 5.41 Å². The van der Waals surface area contributed by atoms with Gasteiger partial charge in [0.1, 0.15) is 0 Å². The molecule has 0 aromatic carbocycles. The summed E-state index contributed by atoms with van der Waals surface area (Å²) in [7, 11) is 0. The monoisotopic (exact) mass is 182 g/mol. The maximum absolute atomic E-state index is 3.54. The molecule has 1 aliphatic heterocycles. The minimum Gasteiger partial charge on any atom is -0.313 e. The molecule has 2 nitrogen and oxygen atoms in total. The summed E-state index contributed by atoms with van der Waals surface area (Å²) in [5.74, 6) is 0. The number of rotatable bonds is 2. The Morgan fingerprint density at radius 1 is 1.38 bits per heavy atom. The zero-order valence-electron chi connectivity index (χ0n) is 8.97. The first-order chi connectivity index (χ1) is 6.18. The highest BCUT2D eigenvalue weighted by atomic mass is 15.2. The van der Waals surface area contributed by atoms with Crippen LogP contribution in [0, 0.1) is 5.41 Å². The molecular formula is C11H22N2. The first-order valence-corrected chi connectivity index (χ1v) is 5.64. The fourth-order valence-electron chi connectivity index (χ4n) is 2.13. The number of hydrogen-bond acceptors (Lipinski definition) is 2. The Hall–Kier alpha value is -0.0800. The third-order valence-electron chi connectivity index (χ3n) is 3.51. The van der Waals surface area contributed by atoms with Crippen molar-refractivity contribution in [3.8, 4) is 0 Å². The molecule has 2 rings (SSSR count). The molecule has 0 aromatic heterocycles. The summed E-state index contributed by atoms with van der Waals surface area (Å²) in [6, 6.07) is 0.719. The molecule has 2 heteroatoms. The van der Waals surface area contributed by atoms with Crippen LogP contribution in [0.15, 0.2) is 0 Å². The minimum absolute atomic E-state index is 0.688. The Balaban J connectivity index is 1.78. The van der Waals surface area contributed by atoms with Crippen LogP contribution in [0.4, 0.5) is 0 Å². The molecule has 0 aromatic rings. The smallest absolute Gasteiger partial charge is 0.0107 e. The molecule has 76 valence electrons. The van der Waals surface area contributed by atoms with Gasteiger partial charge in [0.15, 0.2) is 0 Å². The maximum Gasteiger partial charge on any atom is 0.0107 e. The zero-order valence-corrected chi connectivity index (χ0v) is 8.97. The predicted octanol–water partition coefficient (Wildman–Crippen LogP) is 1.47. The van der Waals surface area contributed by atoms with E-state index in [9.17, 15) is 0 Å². The number of nitrogens with zero attached hydrogens (tertiary/aromatic N) is 1. The molecule has 1 unspecified atom stereocenters. The van der Waals surface area contributed by atoms with Crippen molar-refractivity contribution in [2.75, 3.05) is 26.2 Å². The Kier molecular flexibility index (Phi) is 2.61. The first-order valence-electron chi connectivity index (χ1n) is 5.64. The van der Waals surface area contributed by atoms with Gasteiger partial charge in [0, 0.05) is 25.7 Å². The standard InChI is InChI=1S/C11H22N2/c1-10-3-7-13(8-6-12-10)9-11(2)4-5-11/h10,12H,3-9H2,1-2H3. The molecule has 0 spiro atoms. The van der Waals surface area contributed by atoms with Crippen molar-refractivity contribution in [1.82, 2.24) is 10.2 Å². The van der Waals surface area contributed by atoms with E-state index in [2.05, 4.69) is 24.1 Å². The van der Waals surface area contributed by atoms with Crippen LogP contribution in [0.25, 0.3) is 0 Å². The topological polar surface area (TPSA) is 15.3 Å².